The van der Waals surface area contributed by atoms with E-state index < -0.39 is 11.6 Å². The summed E-state index contributed by atoms with van der Waals surface area (Å²) in [7, 11) is 1.99. The number of piperidine rings is 1. The molecule has 1 fully saturated rings. The highest BCUT2D eigenvalue weighted by molar-refractivity contribution is 5.69. The van der Waals surface area contributed by atoms with Crippen LogP contribution >= 0.6 is 0 Å². The predicted molar refractivity (Wildman–Crippen MR) is 118 cm³/mol. The van der Waals surface area contributed by atoms with Crippen molar-refractivity contribution in [1.82, 2.24) is 25.7 Å². The number of anilines is 1. The van der Waals surface area contributed by atoms with Crippen molar-refractivity contribution >= 4 is 5.82 Å². The number of halogens is 2. The molecule has 0 atom stereocenters. The molecule has 1 saturated heterocycles. The van der Waals surface area contributed by atoms with Crippen LogP contribution < -0.4 is 10.2 Å². The van der Waals surface area contributed by atoms with Gasteiger partial charge in [-0.25, -0.2) is 8.78 Å². The minimum atomic E-state index is -0.687. The SMILES string of the molecule is CN(c1ccc(-c2c(F)cc(-c3cn[nH]c3)cc2F)nn1)C1CC(C)(C)NC(C)(C)C1. The van der Waals surface area contributed by atoms with Crippen molar-refractivity contribution in [2.24, 2.45) is 0 Å². The largest absolute Gasteiger partial charge is 0.355 e. The van der Waals surface area contributed by atoms with Gasteiger partial charge in [0.15, 0.2) is 5.82 Å². The molecular formula is C23H28F2N6. The first-order valence-corrected chi connectivity index (χ1v) is 10.4. The van der Waals surface area contributed by atoms with Gasteiger partial charge in [-0.2, -0.15) is 5.10 Å². The number of hydrogen-bond donors (Lipinski definition) is 2. The quantitative estimate of drug-likeness (QED) is 0.640. The summed E-state index contributed by atoms with van der Waals surface area (Å²) in [4.78, 5) is 2.11. The van der Waals surface area contributed by atoms with Crippen molar-refractivity contribution in [2.75, 3.05) is 11.9 Å². The molecule has 2 aromatic heterocycles. The Morgan fingerprint density at radius 3 is 2.13 bits per heavy atom. The fraction of sp³-hybridized carbons (Fsp3) is 0.435. The third-order valence-corrected chi connectivity index (χ3v) is 5.86. The van der Waals surface area contributed by atoms with Gasteiger partial charge >= 0.3 is 0 Å². The van der Waals surface area contributed by atoms with E-state index in [2.05, 4.69) is 58.3 Å². The van der Waals surface area contributed by atoms with Gasteiger partial charge in [-0.1, -0.05) is 0 Å². The second kappa shape index (κ2) is 7.67. The minimum Gasteiger partial charge on any atom is -0.355 e. The molecule has 0 spiro atoms. The lowest BCUT2D eigenvalue weighted by atomic mass is 9.79. The Kier molecular flexibility index (Phi) is 5.29. The molecule has 3 heterocycles. The zero-order valence-electron chi connectivity index (χ0n) is 18.5. The van der Waals surface area contributed by atoms with Gasteiger partial charge in [0.1, 0.15) is 11.6 Å². The van der Waals surface area contributed by atoms with Crippen molar-refractivity contribution in [3.8, 4) is 22.4 Å². The fourth-order valence-electron chi connectivity index (χ4n) is 4.77. The topological polar surface area (TPSA) is 69.7 Å². The standard InChI is InChI=1S/C23H28F2N6/c1-22(2)10-16(11-23(3,4)30-22)31(5)20-7-6-19(28-29-20)21-17(24)8-14(9-18(21)25)15-12-26-27-13-15/h6-9,12-13,16,30H,10-11H2,1-5H3,(H,26,27). The van der Waals surface area contributed by atoms with E-state index in [0.29, 0.717) is 16.9 Å². The van der Waals surface area contributed by atoms with Gasteiger partial charge in [-0.05, 0) is 70.4 Å². The average molecular weight is 427 g/mol. The van der Waals surface area contributed by atoms with Crippen LogP contribution in [0.5, 0.6) is 0 Å². The zero-order valence-corrected chi connectivity index (χ0v) is 18.5. The second-order valence-corrected chi connectivity index (χ2v) is 9.64. The van der Waals surface area contributed by atoms with Gasteiger partial charge in [0.25, 0.3) is 0 Å². The minimum absolute atomic E-state index is 0.00294. The first kappa shape index (κ1) is 21.4. The summed E-state index contributed by atoms with van der Waals surface area (Å²) in [5.74, 6) is -0.694. The van der Waals surface area contributed by atoms with Crippen LogP contribution in [-0.4, -0.2) is 44.6 Å². The smallest absolute Gasteiger partial charge is 0.151 e. The molecule has 0 saturated carbocycles. The summed E-state index contributed by atoms with van der Waals surface area (Å²) in [6, 6.07) is 6.23. The summed E-state index contributed by atoms with van der Waals surface area (Å²) >= 11 is 0. The molecule has 0 aliphatic carbocycles. The number of benzene rings is 1. The van der Waals surface area contributed by atoms with Crippen LogP contribution in [0.1, 0.15) is 40.5 Å². The van der Waals surface area contributed by atoms with Crippen LogP contribution in [0.4, 0.5) is 14.6 Å². The van der Waals surface area contributed by atoms with Gasteiger partial charge in [0.05, 0.1) is 17.5 Å². The number of hydrogen-bond acceptors (Lipinski definition) is 5. The van der Waals surface area contributed by atoms with Gasteiger partial charge in [0, 0.05) is 35.9 Å². The molecule has 0 bridgehead atoms. The molecule has 0 radical (unpaired) electrons. The van der Waals surface area contributed by atoms with Gasteiger partial charge in [0.2, 0.25) is 0 Å². The molecule has 8 heteroatoms. The Morgan fingerprint density at radius 1 is 0.968 bits per heavy atom. The molecule has 6 nitrogen and oxygen atoms in total. The van der Waals surface area contributed by atoms with E-state index >= 15 is 0 Å². The number of aromatic amines is 1. The molecule has 3 aromatic rings. The number of rotatable bonds is 4. The number of H-pyrrole nitrogens is 1. The van der Waals surface area contributed by atoms with Crippen molar-refractivity contribution in [1.29, 1.82) is 0 Å². The van der Waals surface area contributed by atoms with E-state index in [9.17, 15) is 8.78 Å². The maximum atomic E-state index is 14.8. The van der Waals surface area contributed by atoms with Gasteiger partial charge in [-0.15, -0.1) is 10.2 Å². The molecule has 0 unspecified atom stereocenters. The molecule has 1 aliphatic heterocycles. The highest BCUT2D eigenvalue weighted by Crippen LogP contribution is 2.33. The van der Waals surface area contributed by atoms with Gasteiger partial charge in [-0.3, -0.25) is 5.10 Å². The Labute approximate surface area is 181 Å². The third-order valence-electron chi connectivity index (χ3n) is 5.86. The maximum absolute atomic E-state index is 14.8. The Morgan fingerprint density at radius 2 is 1.61 bits per heavy atom. The molecule has 31 heavy (non-hydrogen) atoms. The van der Waals surface area contributed by atoms with Crippen LogP contribution in [-0.2, 0) is 0 Å². The average Bonchev–Trinajstić information content (AvgIpc) is 3.20. The van der Waals surface area contributed by atoms with Crippen LogP contribution in [0.25, 0.3) is 22.4 Å². The van der Waals surface area contributed by atoms with E-state index in [1.54, 1.807) is 18.3 Å². The normalized spacial score (nSPS) is 18.2. The van der Waals surface area contributed by atoms with Crippen molar-refractivity contribution in [3.63, 3.8) is 0 Å². The highest BCUT2D eigenvalue weighted by Gasteiger charge is 2.39. The van der Waals surface area contributed by atoms with Crippen molar-refractivity contribution in [3.05, 3.63) is 48.3 Å². The van der Waals surface area contributed by atoms with Crippen LogP contribution in [0.2, 0.25) is 0 Å². The summed E-state index contributed by atoms with van der Waals surface area (Å²) in [5, 5.41) is 18.6. The molecule has 4 rings (SSSR count). The maximum Gasteiger partial charge on any atom is 0.151 e. The first-order chi connectivity index (χ1) is 14.5. The monoisotopic (exact) mass is 426 g/mol. The number of aromatic nitrogens is 4. The zero-order chi connectivity index (χ0) is 22.4. The molecule has 0 amide bonds. The van der Waals surface area contributed by atoms with E-state index in [1.165, 1.54) is 18.3 Å². The summed E-state index contributed by atoms with van der Waals surface area (Å²) in [6.45, 7) is 8.79. The van der Waals surface area contributed by atoms with Crippen LogP contribution in [0, 0.1) is 11.6 Å². The molecular weight excluding hydrogens is 398 g/mol. The molecule has 2 N–H and O–H groups in total. The second-order valence-electron chi connectivity index (χ2n) is 9.64. The summed E-state index contributed by atoms with van der Waals surface area (Å²) in [5.41, 5.74) is 0.997. The summed E-state index contributed by atoms with van der Waals surface area (Å²) in [6.07, 6.45) is 5.01. The number of nitrogens with zero attached hydrogens (tertiary/aromatic N) is 4. The predicted octanol–water partition coefficient (Wildman–Crippen LogP) is 4.56. The Balaban J connectivity index is 1.59. The highest BCUT2D eigenvalue weighted by atomic mass is 19.1. The molecule has 1 aromatic carbocycles. The van der Waals surface area contributed by atoms with E-state index in [1.807, 2.05) is 7.05 Å². The number of nitrogens with one attached hydrogen (secondary N) is 2. The Bertz CT molecular complexity index is 1020. The summed E-state index contributed by atoms with van der Waals surface area (Å²) < 4.78 is 29.5. The fourth-order valence-corrected chi connectivity index (χ4v) is 4.77. The lowest BCUT2D eigenvalue weighted by molar-refractivity contribution is 0.160. The lowest BCUT2D eigenvalue weighted by Gasteiger charge is -2.49. The lowest BCUT2D eigenvalue weighted by Crippen LogP contribution is -2.62. The van der Waals surface area contributed by atoms with E-state index in [4.69, 9.17) is 0 Å². The van der Waals surface area contributed by atoms with E-state index in [0.717, 1.165) is 12.8 Å². The van der Waals surface area contributed by atoms with Crippen molar-refractivity contribution in [2.45, 2.75) is 57.7 Å². The third kappa shape index (κ3) is 4.44. The van der Waals surface area contributed by atoms with Crippen LogP contribution in [0.3, 0.4) is 0 Å². The first-order valence-electron chi connectivity index (χ1n) is 10.4. The van der Waals surface area contributed by atoms with Gasteiger partial charge < -0.3 is 10.2 Å². The van der Waals surface area contributed by atoms with Crippen molar-refractivity contribution < 1.29 is 8.78 Å². The molecule has 1 aliphatic rings. The Hall–Kier alpha value is -2.87. The van der Waals surface area contributed by atoms with E-state index in [-0.39, 0.29) is 28.4 Å². The molecule has 164 valence electrons. The van der Waals surface area contributed by atoms with Crippen LogP contribution in [0.15, 0.2) is 36.7 Å².